The molecule has 0 aliphatic carbocycles. The molecule has 2 heterocycles. The second-order valence-electron chi connectivity index (χ2n) is 9.54. The Balaban J connectivity index is 1.34. The highest BCUT2D eigenvalue weighted by atomic mass is 16.4. The van der Waals surface area contributed by atoms with Crippen molar-refractivity contribution in [1.29, 1.82) is 0 Å². The molecule has 8 nitrogen and oxygen atoms in total. The normalized spacial score (nSPS) is 14.6. The smallest absolute Gasteiger partial charge is 0.408 e. The van der Waals surface area contributed by atoms with Gasteiger partial charge in [0, 0.05) is 12.1 Å². The first-order valence-electron chi connectivity index (χ1n) is 12.5. The predicted octanol–water partition coefficient (Wildman–Crippen LogP) is 3.24. The zero-order valence-corrected chi connectivity index (χ0v) is 20.6. The van der Waals surface area contributed by atoms with Crippen molar-refractivity contribution in [3.05, 3.63) is 106 Å². The molecule has 8 heteroatoms. The zero-order valence-electron chi connectivity index (χ0n) is 20.6. The van der Waals surface area contributed by atoms with E-state index in [1.54, 1.807) is 30.3 Å². The first kappa shape index (κ1) is 24.5. The van der Waals surface area contributed by atoms with E-state index < -0.39 is 11.7 Å². The summed E-state index contributed by atoms with van der Waals surface area (Å²) in [4.78, 5) is 39.6. The summed E-state index contributed by atoms with van der Waals surface area (Å²) >= 11 is 0. The van der Waals surface area contributed by atoms with E-state index in [9.17, 15) is 14.4 Å². The summed E-state index contributed by atoms with van der Waals surface area (Å²) in [6, 6.07) is 22.1. The fraction of sp³-hybridized carbons (Fsp3) is 0.276. The first-order valence-corrected chi connectivity index (χ1v) is 12.5. The quantitative estimate of drug-likeness (QED) is 0.368. The van der Waals surface area contributed by atoms with Crippen molar-refractivity contribution in [2.75, 3.05) is 19.6 Å². The van der Waals surface area contributed by atoms with Crippen LogP contribution in [-0.2, 0) is 17.8 Å². The first-order chi connectivity index (χ1) is 18.0. The van der Waals surface area contributed by atoms with Gasteiger partial charge in [0.05, 0.1) is 24.5 Å². The highest BCUT2D eigenvalue weighted by Crippen LogP contribution is 2.20. The fourth-order valence-electron chi connectivity index (χ4n) is 4.95. The number of likely N-dealkylation sites (tertiary alicyclic amines) is 1. The molecule has 0 spiro atoms. The number of hydrogen-bond acceptors (Lipinski definition) is 5. The Bertz CT molecular complexity index is 1470. The van der Waals surface area contributed by atoms with Crippen molar-refractivity contribution in [2.24, 2.45) is 5.73 Å². The highest BCUT2D eigenvalue weighted by molar-refractivity contribution is 5.92. The number of nitrogens with one attached hydrogen (secondary N) is 1. The number of carbonyl (C=O) groups excluding carboxylic acids is 2. The molecule has 1 aliphatic heterocycles. The molecule has 1 saturated heterocycles. The van der Waals surface area contributed by atoms with Gasteiger partial charge in [-0.15, -0.1) is 0 Å². The van der Waals surface area contributed by atoms with Crippen molar-refractivity contribution in [2.45, 2.75) is 31.8 Å². The lowest BCUT2D eigenvalue weighted by Crippen LogP contribution is -2.37. The van der Waals surface area contributed by atoms with Crippen molar-refractivity contribution < 1.29 is 14.0 Å². The minimum atomic E-state index is -0.530. The van der Waals surface area contributed by atoms with E-state index in [1.807, 2.05) is 42.5 Å². The molecule has 37 heavy (non-hydrogen) atoms. The van der Waals surface area contributed by atoms with Gasteiger partial charge in [0.25, 0.3) is 0 Å². The fourth-order valence-corrected chi connectivity index (χ4v) is 4.95. The number of fused-ring (bicyclic) bond motifs is 1. The lowest BCUT2D eigenvalue weighted by atomic mass is 10.1. The molecule has 1 atom stereocenters. The van der Waals surface area contributed by atoms with Crippen LogP contribution in [0.5, 0.6) is 0 Å². The van der Waals surface area contributed by atoms with Crippen LogP contribution in [0.1, 0.15) is 45.9 Å². The van der Waals surface area contributed by atoms with E-state index >= 15 is 0 Å². The second kappa shape index (κ2) is 10.8. The standard InChI is InChI=1S/C29H30N4O4/c30-28(35)23-10-6-7-21(15-23)18-33-25-16-20(11-12-26(25)37-29(33)36)17-27(34)31-24(19-32-13-4-5-14-32)22-8-2-1-3-9-22/h1-3,6-12,15-16,24H,4-5,13-14,17-19H2,(H2,30,35)(H,31,34)/t24-/m1/s1. The maximum atomic E-state index is 13.1. The van der Waals surface area contributed by atoms with Crippen LogP contribution in [-0.4, -0.2) is 40.9 Å². The van der Waals surface area contributed by atoms with Gasteiger partial charge in [-0.1, -0.05) is 48.5 Å². The van der Waals surface area contributed by atoms with E-state index in [0.29, 0.717) is 16.7 Å². The number of benzene rings is 3. The molecule has 1 fully saturated rings. The van der Waals surface area contributed by atoms with Gasteiger partial charge in [-0.3, -0.25) is 14.2 Å². The summed E-state index contributed by atoms with van der Waals surface area (Å²) in [5.41, 5.74) is 9.41. The Morgan fingerprint density at radius 3 is 2.49 bits per heavy atom. The Labute approximate surface area is 214 Å². The third-order valence-electron chi connectivity index (χ3n) is 6.83. The molecule has 3 aromatic carbocycles. The van der Waals surface area contributed by atoms with Crippen LogP contribution in [0.2, 0.25) is 0 Å². The van der Waals surface area contributed by atoms with Gasteiger partial charge in [0.1, 0.15) is 0 Å². The lowest BCUT2D eigenvalue weighted by molar-refractivity contribution is -0.121. The van der Waals surface area contributed by atoms with Crippen molar-refractivity contribution >= 4 is 22.9 Å². The second-order valence-corrected chi connectivity index (χ2v) is 9.54. The van der Waals surface area contributed by atoms with E-state index in [4.69, 9.17) is 10.2 Å². The summed E-state index contributed by atoms with van der Waals surface area (Å²) in [6.07, 6.45) is 2.55. The third-order valence-corrected chi connectivity index (χ3v) is 6.83. The molecule has 5 rings (SSSR count). The SMILES string of the molecule is NC(=O)c1cccc(Cn2c(=O)oc3ccc(CC(=O)N[C@H](CN4CCCC4)c4ccccc4)cc32)c1. The summed E-state index contributed by atoms with van der Waals surface area (Å²) in [7, 11) is 0. The average molecular weight is 499 g/mol. The lowest BCUT2D eigenvalue weighted by Gasteiger charge is -2.25. The van der Waals surface area contributed by atoms with Crippen LogP contribution in [0.4, 0.5) is 0 Å². The van der Waals surface area contributed by atoms with Gasteiger partial charge in [-0.05, 0) is 66.9 Å². The molecular weight excluding hydrogens is 468 g/mol. The average Bonchev–Trinajstić information content (AvgIpc) is 3.52. The number of rotatable bonds is 9. The van der Waals surface area contributed by atoms with Crippen LogP contribution in [0.25, 0.3) is 11.1 Å². The van der Waals surface area contributed by atoms with Gasteiger partial charge in [0.15, 0.2) is 5.58 Å². The molecule has 0 unspecified atom stereocenters. The molecule has 0 saturated carbocycles. The molecular formula is C29H30N4O4. The Hall–Kier alpha value is -4.17. The Morgan fingerprint density at radius 1 is 0.946 bits per heavy atom. The topological polar surface area (TPSA) is 111 Å². The number of primary amides is 1. The van der Waals surface area contributed by atoms with Crippen LogP contribution in [0.15, 0.2) is 82.0 Å². The number of carbonyl (C=O) groups is 2. The van der Waals surface area contributed by atoms with Gasteiger partial charge in [-0.25, -0.2) is 4.79 Å². The van der Waals surface area contributed by atoms with Crippen LogP contribution in [0, 0.1) is 0 Å². The maximum Gasteiger partial charge on any atom is 0.420 e. The van der Waals surface area contributed by atoms with Crippen LogP contribution >= 0.6 is 0 Å². The van der Waals surface area contributed by atoms with Crippen molar-refractivity contribution in [1.82, 2.24) is 14.8 Å². The van der Waals surface area contributed by atoms with Crippen molar-refractivity contribution in [3.63, 3.8) is 0 Å². The molecule has 2 amide bonds. The Morgan fingerprint density at radius 2 is 1.73 bits per heavy atom. The van der Waals surface area contributed by atoms with Gasteiger partial charge < -0.3 is 20.4 Å². The maximum absolute atomic E-state index is 13.1. The molecule has 3 N–H and O–H groups in total. The van der Waals surface area contributed by atoms with E-state index in [2.05, 4.69) is 10.2 Å². The molecule has 1 aliphatic rings. The third kappa shape index (κ3) is 5.81. The molecule has 4 aromatic rings. The summed E-state index contributed by atoms with van der Waals surface area (Å²) in [5.74, 6) is -1.12. The Kier molecular flexibility index (Phi) is 7.18. The number of nitrogens with two attached hydrogens (primary N) is 1. The monoisotopic (exact) mass is 498 g/mol. The van der Waals surface area contributed by atoms with Crippen LogP contribution < -0.4 is 16.8 Å². The molecule has 190 valence electrons. The van der Waals surface area contributed by atoms with E-state index in [0.717, 1.165) is 36.3 Å². The minimum absolute atomic E-state index is 0.0843. The molecule has 0 bridgehead atoms. The minimum Gasteiger partial charge on any atom is -0.408 e. The number of nitrogens with zero attached hydrogens (tertiary/aromatic N) is 2. The zero-order chi connectivity index (χ0) is 25.8. The summed E-state index contributed by atoms with van der Waals surface area (Å²) in [6.45, 7) is 3.10. The molecule has 1 aromatic heterocycles. The number of oxazole rings is 1. The largest absolute Gasteiger partial charge is 0.420 e. The van der Waals surface area contributed by atoms with E-state index in [1.165, 1.54) is 17.4 Å². The van der Waals surface area contributed by atoms with Crippen molar-refractivity contribution in [3.8, 4) is 0 Å². The molecule has 0 radical (unpaired) electrons. The number of aromatic nitrogens is 1. The number of hydrogen-bond donors (Lipinski definition) is 2. The summed E-state index contributed by atoms with van der Waals surface area (Å²) in [5, 5.41) is 3.22. The van der Waals surface area contributed by atoms with Gasteiger partial charge in [-0.2, -0.15) is 0 Å². The van der Waals surface area contributed by atoms with E-state index in [-0.39, 0.29) is 24.9 Å². The van der Waals surface area contributed by atoms with Gasteiger partial charge in [0.2, 0.25) is 11.8 Å². The van der Waals surface area contributed by atoms with Crippen LogP contribution in [0.3, 0.4) is 0 Å². The summed E-state index contributed by atoms with van der Waals surface area (Å²) < 4.78 is 6.91. The highest BCUT2D eigenvalue weighted by Gasteiger charge is 2.21. The number of amides is 2. The van der Waals surface area contributed by atoms with Gasteiger partial charge >= 0.3 is 5.76 Å². The predicted molar refractivity (Wildman–Crippen MR) is 141 cm³/mol.